The van der Waals surface area contributed by atoms with Crippen molar-refractivity contribution >= 4 is 23.2 Å². The van der Waals surface area contributed by atoms with Crippen LogP contribution in [-0.4, -0.2) is 21.3 Å². The first-order valence-electron chi connectivity index (χ1n) is 2.69. The molecule has 0 unspecified atom stereocenters. The van der Waals surface area contributed by atoms with Crippen LogP contribution in [0, 0.1) is 0 Å². The van der Waals surface area contributed by atoms with Gasteiger partial charge in [0.05, 0.1) is 0 Å². The van der Waals surface area contributed by atoms with Crippen LogP contribution < -0.4 is 4.74 Å². The molecule has 1 aromatic heterocycles. The number of nitrogens with zero attached hydrogens (tertiary/aromatic N) is 3. The Hall–Kier alpha value is -0.820. The van der Waals surface area contributed by atoms with Crippen LogP contribution >= 0.6 is 23.2 Å². The van der Waals surface area contributed by atoms with E-state index in [-0.39, 0.29) is 0 Å². The molecular formula is C4Cl2F3N3O. The Morgan fingerprint density at radius 2 is 1.46 bits per heavy atom. The molecule has 72 valence electrons. The van der Waals surface area contributed by atoms with E-state index < -0.39 is 22.9 Å². The lowest BCUT2D eigenvalue weighted by atomic mass is 11.0. The molecule has 0 N–H and O–H groups in total. The zero-order valence-corrected chi connectivity index (χ0v) is 7.15. The molecule has 1 rings (SSSR count). The Morgan fingerprint density at radius 1 is 1.00 bits per heavy atom. The van der Waals surface area contributed by atoms with Crippen LogP contribution in [0.1, 0.15) is 0 Å². The first-order valence-corrected chi connectivity index (χ1v) is 3.45. The SMILES string of the molecule is FC(F)(F)Oc1nc(Cl)nc(Cl)n1. The number of aromatic nitrogens is 3. The molecule has 0 aliphatic heterocycles. The van der Waals surface area contributed by atoms with Crippen LogP contribution in [0.5, 0.6) is 6.01 Å². The molecule has 4 nitrogen and oxygen atoms in total. The van der Waals surface area contributed by atoms with Crippen LogP contribution in [0.3, 0.4) is 0 Å². The van der Waals surface area contributed by atoms with Gasteiger partial charge in [0.1, 0.15) is 0 Å². The fourth-order valence-corrected chi connectivity index (χ4v) is 0.806. The van der Waals surface area contributed by atoms with Gasteiger partial charge in [-0.05, 0) is 23.2 Å². The zero-order chi connectivity index (χ0) is 10.1. The van der Waals surface area contributed by atoms with Crippen molar-refractivity contribution in [3.8, 4) is 6.01 Å². The Labute approximate surface area is 79.7 Å². The highest BCUT2D eigenvalue weighted by Crippen LogP contribution is 2.20. The van der Waals surface area contributed by atoms with Gasteiger partial charge in [-0.1, -0.05) is 0 Å². The van der Waals surface area contributed by atoms with Crippen LogP contribution in [0.4, 0.5) is 13.2 Å². The second kappa shape index (κ2) is 3.51. The van der Waals surface area contributed by atoms with E-state index in [0.717, 1.165) is 0 Å². The van der Waals surface area contributed by atoms with Crippen molar-refractivity contribution in [2.24, 2.45) is 0 Å². The van der Waals surface area contributed by atoms with Gasteiger partial charge < -0.3 is 4.74 Å². The summed E-state index contributed by atoms with van der Waals surface area (Å²) in [6.45, 7) is 0. The first kappa shape index (κ1) is 10.3. The molecule has 9 heteroatoms. The monoisotopic (exact) mass is 233 g/mol. The van der Waals surface area contributed by atoms with Crippen molar-refractivity contribution in [2.75, 3.05) is 0 Å². The van der Waals surface area contributed by atoms with Crippen molar-refractivity contribution < 1.29 is 17.9 Å². The standard InChI is InChI=1S/C4Cl2F3N3O/c5-1-10-2(6)12-3(11-1)13-4(7,8)9. The molecule has 0 radical (unpaired) electrons. The fourth-order valence-electron chi connectivity index (χ4n) is 0.458. The summed E-state index contributed by atoms with van der Waals surface area (Å²) in [5.41, 5.74) is 0. The van der Waals surface area contributed by atoms with E-state index in [2.05, 4.69) is 19.7 Å². The lowest BCUT2D eigenvalue weighted by Crippen LogP contribution is -2.19. The van der Waals surface area contributed by atoms with E-state index >= 15 is 0 Å². The minimum absolute atomic E-state index is 0.473. The van der Waals surface area contributed by atoms with E-state index in [1.54, 1.807) is 0 Å². The van der Waals surface area contributed by atoms with Gasteiger partial charge in [-0.2, -0.15) is 15.0 Å². The van der Waals surface area contributed by atoms with Crippen LogP contribution in [-0.2, 0) is 0 Å². The van der Waals surface area contributed by atoms with Gasteiger partial charge >= 0.3 is 12.4 Å². The molecule has 0 aliphatic carbocycles. The molecule has 0 fully saturated rings. The second-order valence-electron chi connectivity index (χ2n) is 1.70. The normalized spacial score (nSPS) is 11.5. The van der Waals surface area contributed by atoms with Gasteiger partial charge in [-0.15, -0.1) is 13.2 Å². The highest BCUT2D eigenvalue weighted by Gasteiger charge is 2.32. The lowest BCUT2D eigenvalue weighted by Gasteiger charge is -2.05. The van der Waals surface area contributed by atoms with Crippen molar-refractivity contribution in [1.29, 1.82) is 0 Å². The summed E-state index contributed by atoms with van der Waals surface area (Å²) in [6, 6.07) is -0.988. The quantitative estimate of drug-likeness (QED) is 0.746. The summed E-state index contributed by atoms with van der Waals surface area (Å²) >= 11 is 10.4. The third kappa shape index (κ3) is 3.60. The predicted molar refractivity (Wildman–Crippen MR) is 36.5 cm³/mol. The zero-order valence-electron chi connectivity index (χ0n) is 5.64. The van der Waals surface area contributed by atoms with Crippen molar-refractivity contribution in [2.45, 2.75) is 6.36 Å². The smallest absolute Gasteiger partial charge is 0.370 e. The minimum atomic E-state index is -4.88. The maximum Gasteiger partial charge on any atom is 0.575 e. The highest BCUT2D eigenvalue weighted by atomic mass is 35.5. The summed E-state index contributed by atoms with van der Waals surface area (Å²) in [7, 11) is 0. The Balaban J connectivity index is 2.90. The third-order valence-corrected chi connectivity index (χ3v) is 1.11. The molecule has 1 aromatic rings. The van der Waals surface area contributed by atoms with Gasteiger partial charge in [0.2, 0.25) is 10.6 Å². The molecule has 0 aliphatic rings. The first-order chi connectivity index (χ1) is 5.87. The van der Waals surface area contributed by atoms with Crippen molar-refractivity contribution in [1.82, 2.24) is 15.0 Å². The average Bonchev–Trinajstić information content (AvgIpc) is 1.78. The number of ether oxygens (including phenoxy) is 1. The fraction of sp³-hybridized carbons (Fsp3) is 0.250. The molecule has 0 atom stereocenters. The summed E-state index contributed by atoms with van der Waals surface area (Å²) < 4.78 is 38.1. The van der Waals surface area contributed by atoms with Crippen LogP contribution in [0.15, 0.2) is 0 Å². The lowest BCUT2D eigenvalue weighted by molar-refractivity contribution is -0.277. The van der Waals surface area contributed by atoms with Gasteiger partial charge in [-0.25, -0.2) is 0 Å². The van der Waals surface area contributed by atoms with E-state index in [0.29, 0.717) is 0 Å². The Bertz CT molecular complexity index is 298. The maximum atomic E-state index is 11.6. The third-order valence-electron chi connectivity index (χ3n) is 0.767. The van der Waals surface area contributed by atoms with E-state index in [1.165, 1.54) is 0 Å². The number of rotatable bonds is 1. The van der Waals surface area contributed by atoms with Gasteiger partial charge in [0, 0.05) is 0 Å². The number of hydrogen-bond acceptors (Lipinski definition) is 4. The van der Waals surface area contributed by atoms with E-state index in [9.17, 15) is 13.2 Å². The molecule has 0 amide bonds. The summed E-state index contributed by atoms with van der Waals surface area (Å²) in [5, 5.41) is -0.946. The molecule has 0 aromatic carbocycles. The predicted octanol–water partition coefficient (Wildman–Crippen LogP) is 2.08. The number of halogens is 5. The van der Waals surface area contributed by atoms with Crippen molar-refractivity contribution in [3.63, 3.8) is 0 Å². The average molecular weight is 234 g/mol. The summed E-state index contributed by atoms with van der Waals surface area (Å²) in [5.74, 6) is 0. The van der Waals surface area contributed by atoms with E-state index in [1.807, 2.05) is 0 Å². The van der Waals surface area contributed by atoms with Gasteiger partial charge in [0.15, 0.2) is 0 Å². The summed E-state index contributed by atoms with van der Waals surface area (Å²) in [4.78, 5) is 9.30. The molecule has 1 heterocycles. The number of hydrogen-bond donors (Lipinski definition) is 0. The molecule has 0 saturated heterocycles. The molecule has 0 bridgehead atoms. The topological polar surface area (TPSA) is 47.9 Å². The molecule has 0 saturated carbocycles. The molecule has 0 spiro atoms. The van der Waals surface area contributed by atoms with E-state index in [4.69, 9.17) is 23.2 Å². The van der Waals surface area contributed by atoms with Crippen LogP contribution in [0.25, 0.3) is 0 Å². The van der Waals surface area contributed by atoms with Gasteiger partial charge in [0.25, 0.3) is 0 Å². The minimum Gasteiger partial charge on any atom is -0.370 e. The van der Waals surface area contributed by atoms with Gasteiger partial charge in [-0.3, -0.25) is 0 Å². The molecule has 13 heavy (non-hydrogen) atoms. The number of alkyl halides is 3. The highest BCUT2D eigenvalue weighted by molar-refractivity contribution is 6.31. The van der Waals surface area contributed by atoms with Crippen LogP contribution in [0.2, 0.25) is 10.6 Å². The van der Waals surface area contributed by atoms with Crippen molar-refractivity contribution in [3.05, 3.63) is 10.6 Å². The maximum absolute atomic E-state index is 11.6. The largest absolute Gasteiger partial charge is 0.575 e. The Kier molecular flexibility index (Phi) is 2.77. The second-order valence-corrected chi connectivity index (χ2v) is 2.38. The molecular weight excluding hydrogens is 234 g/mol. The Morgan fingerprint density at radius 3 is 1.85 bits per heavy atom. The summed E-state index contributed by atoms with van der Waals surface area (Å²) in [6.07, 6.45) is -4.88.